The smallest absolute Gasteiger partial charge is 0.375 e. The molecular formula is C17H18FNO4. The van der Waals surface area contributed by atoms with Crippen molar-refractivity contribution in [3.8, 4) is 11.3 Å². The molecule has 0 bridgehead atoms. The van der Waals surface area contributed by atoms with Crippen LogP contribution in [0.4, 0.5) is 4.39 Å². The van der Waals surface area contributed by atoms with E-state index in [4.69, 9.17) is 9.15 Å². The summed E-state index contributed by atoms with van der Waals surface area (Å²) in [6.07, 6.45) is -0.146. The van der Waals surface area contributed by atoms with Crippen LogP contribution in [-0.2, 0) is 9.53 Å². The first-order valence-corrected chi connectivity index (χ1v) is 7.36. The second-order valence-corrected chi connectivity index (χ2v) is 4.98. The maximum atomic E-state index is 13.7. The van der Waals surface area contributed by atoms with Gasteiger partial charge in [-0.3, -0.25) is 4.79 Å². The fourth-order valence-electron chi connectivity index (χ4n) is 1.92. The van der Waals surface area contributed by atoms with Gasteiger partial charge in [-0.15, -0.1) is 0 Å². The minimum Gasteiger partial charge on any atom is -0.449 e. The van der Waals surface area contributed by atoms with Crippen LogP contribution in [-0.4, -0.2) is 24.5 Å². The molecule has 0 fully saturated rings. The van der Waals surface area contributed by atoms with Crippen LogP contribution in [0.15, 0.2) is 40.8 Å². The molecule has 23 heavy (non-hydrogen) atoms. The Morgan fingerprint density at radius 1 is 1.26 bits per heavy atom. The quantitative estimate of drug-likeness (QED) is 0.831. The molecule has 0 aliphatic heterocycles. The molecule has 1 atom stereocenters. The number of halogens is 1. The van der Waals surface area contributed by atoms with Crippen molar-refractivity contribution in [1.29, 1.82) is 0 Å². The predicted molar refractivity (Wildman–Crippen MR) is 82.3 cm³/mol. The van der Waals surface area contributed by atoms with Gasteiger partial charge in [0.15, 0.2) is 6.10 Å². The molecule has 0 aliphatic carbocycles. The molecule has 6 heteroatoms. The van der Waals surface area contributed by atoms with Crippen LogP contribution in [0.5, 0.6) is 0 Å². The van der Waals surface area contributed by atoms with Gasteiger partial charge < -0.3 is 14.5 Å². The van der Waals surface area contributed by atoms with Crippen LogP contribution in [0.25, 0.3) is 11.3 Å². The molecule has 0 saturated carbocycles. The fraction of sp³-hybridized carbons (Fsp3) is 0.294. The number of esters is 1. The SMILES string of the molecule is CCCNC(=O)[C@@H](C)OC(=O)c1ccc(-c2ccccc2F)o1. The molecule has 0 radical (unpaired) electrons. The first-order chi connectivity index (χ1) is 11.0. The van der Waals surface area contributed by atoms with Crippen LogP contribution in [0, 0.1) is 5.82 Å². The number of carbonyl (C=O) groups excluding carboxylic acids is 2. The molecule has 0 unspecified atom stereocenters. The monoisotopic (exact) mass is 319 g/mol. The molecule has 1 aromatic heterocycles. The number of amides is 1. The zero-order chi connectivity index (χ0) is 16.8. The van der Waals surface area contributed by atoms with E-state index in [0.29, 0.717) is 6.54 Å². The Hall–Kier alpha value is -2.63. The Bertz CT molecular complexity index is 695. The lowest BCUT2D eigenvalue weighted by Crippen LogP contribution is -2.36. The number of benzene rings is 1. The van der Waals surface area contributed by atoms with Crippen molar-refractivity contribution < 1.29 is 23.1 Å². The van der Waals surface area contributed by atoms with Gasteiger partial charge in [0.2, 0.25) is 5.76 Å². The molecule has 0 spiro atoms. The third-order valence-electron chi connectivity index (χ3n) is 3.15. The van der Waals surface area contributed by atoms with Crippen molar-refractivity contribution in [2.75, 3.05) is 6.54 Å². The van der Waals surface area contributed by atoms with E-state index in [0.717, 1.165) is 6.42 Å². The molecular weight excluding hydrogens is 301 g/mol. The summed E-state index contributed by atoms with van der Waals surface area (Å²) in [6, 6.07) is 8.95. The molecule has 0 aliphatic rings. The van der Waals surface area contributed by atoms with Crippen molar-refractivity contribution in [3.63, 3.8) is 0 Å². The van der Waals surface area contributed by atoms with Gasteiger partial charge in [-0.05, 0) is 37.6 Å². The fourth-order valence-corrected chi connectivity index (χ4v) is 1.92. The summed E-state index contributed by atoms with van der Waals surface area (Å²) in [5, 5.41) is 2.63. The van der Waals surface area contributed by atoms with Gasteiger partial charge >= 0.3 is 5.97 Å². The maximum Gasteiger partial charge on any atom is 0.375 e. The van der Waals surface area contributed by atoms with Crippen molar-refractivity contribution in [2.24, 2.45) is 0 Å². The zero-order valence-electron chi connectivity index (χ0n) is 13.0. The van der Waals surface area contributed by atoms with E-state index >= 15 is 0 Å². The van der Waals surface area contributed by atoms with E-state index in [1.807, 2.05) is 6.92 Å². The highest BCUT2D eigenvalue weighted by molar-refractivity contribution is 5.90. The second kappa shape index (κ2) is 7.58. The summed E-state index contributed by atoms with van der Waals surface area (Å²) < 4.78 is 24.1. The molecule has 0 saturated heterocycles. The average Bonchev–Trinajstić information content (AvgIpc) is 3.02. The van der Waals surface area contributed by atoms with Gasteiger partial charge in [0.1, 0.15) is 11.6 Å². The highest BCUT2D eigenvalue weighted by Crippen LogP contribution is 2.25. The number of furan rings is 1. The average molecular weight is 319 g/mol. The largest absolute Gasteiger partial charge is 0.449 e. The minimum absolute atomic E-state index is 0.0848. The normalized spacial score (nSPS) is 11.8. The molecule has 1 N–H and O–H groups in total. The lowest BCUT2D eigenvalue weighted by Gasteiger charge is -2.12. The van der Waals surface area contributed by atoms with E-state index in [9.17, 15) is 14.0 Å². The lowest BCUT2D eigenvalue weighted by atomic mass is 10.1. The third kappa shape index (κ3) is 4.18. The van der Waals surface area contributed by atoms with E-state index in [2.05, 4.69) is 5.32 Å². The van der Waals surface area contributed by atoms with Gasteiger partial charge in [-0.25, -0.2) is 9.18 Å². The molecule has 1 heterocycles. The van der Waals surface area contributed by atoms with Crippen LogP contribution >= 0.6 is 0 Å². The molecule has 122 valence electrons. The summed E-state index contributed by atoms with van der Waals surface area (Å²) >= 11 is 0. The van der Waals surface area contributed by atoms with E-state index < -0.39 is 17.9 Å². The van der Waals surface area contributed by atoms with E-state index in [1.54, 1.807) is 18.2 Å². The molecule has 5 nitrogen and oxygen atoms in total. The summed E-state index contributed by atoms with van der Waals surface area (Å²) in [5.74, 6) is -1.46. The third-order valence-corrected chi connectivity index (χ3v) is 3.15. The van der Waals surface area contributed by atoms with Gasteiger partial charge in [-0.1, -0.05) is 19.1 Å². The van der Waals surface area contributed by atoms with E-state index in [-0.39, 0.29) is 23.0 Å². The summed E-state index contributed by atoms with van der Waals surface area (Å²) in [5.41, 5.74) is 0.250. The topological polar surface area (TPSA) is 68.5 Å². The standard InChI is InChI=1S/C17H18FNO4/c1-3-10-19-16(20)11(2)22-17(21)15-9-8-14(23-15)12-6-4-5-7-13(12)18/h4-9,11H,3,10H2,1-2H3,(H,19,20)/t11-/m1/s1. The Morgan fingerprint density at radius 2 is 2.00 bits per heavy atom. The summed E-state index contributed by atoms with van der Waals surface area (Å²) in [7, 11) is 0. The van der Waals surface area contributed by atoms with Crippen LogP contribution in [0.2, 0.25) is 0 Å². The second-order valence-electron chi connectivity index (χ2n) is 4.98. The van der Waals surface area contributed by atoms with Crippen LogP contribution < -0.4 is 5.32 Å². The van der Waals surface area contributed by atoms with Gasteiger partial charge in [0.25, 0.3) is 5.91 Å². The minimum atomic E-state index is -0.934. The Kier molecular flexibility index (Phi) is 5.51. The van der Waals surface area contributed by atoms with Crippen LogP contribution in [0.1, 0.15) is 30.8 Å². The Balaban J connectivity index is 2.04. The highest BCUT2D eigenvalue weighted by atomic mass is 19.1. The molecule has 2 aromatic rings. The van der Waals surface area contributed by atoms with Crippen molar-refractivity contribution in [1.82, 2.24) is 5.32 Å². The summed E-state index contributed by atoms with van der Waals surface area (Å²) in [6.45, 7) is 3.91. The number of hydrogen-bond acceptors (Lipinski definition) is 4. The number of rotatable bonds is 6. The lowest BCUT2D eigenvalue weighted by molar-refractivity contribution is -0.129. The van der Waals surface area contributed by atoms with Gasteiger partial charge in [-0.2, -0.15) is 0 Å². The first-order valence-electron chi connectivity index (χ1n) is 7.36. The van der Waals surface area contributed by atoms with Gasteiger partial charge in [0, 0.05) is 6.54 Å². The molecule has 2 rings (SSSR count). The number of ether oxygens (including phenoxy) is 1. The Labute approximate surface area is 133 Å². The maximum absolute atomic E-state index is 13.7. The van der Waals surface area contributed by atoms with Gasteiger partial charge in [0.05, 0.1) is 5.56 Å². The predicted octanol–water partition coefficient (Wildman–Crippen LogP) is 3.16. The number of hydrogen-bond donors (Lipinski definition) is 1. The first kappa shape index (κ1) is 16.7. The van der Waals surface area contributed by atoms with E-state index in [1.165, 1.54) is 25.1 Å². The Morgan fingerprint density at radius 3 is 2.70 bits per heavy atom. The van der Waals surface area contributed by atoms with Crippen molar-refractivity contribution in [2.45, 2.75) is 26.4 Å². The number of nitrogens with one attached hydrogen (secondary N) is 1. The van der Waals surface area contributed by atoms with Crippen LogP contribution in [0.3, 0.4) is 0 Å². The van der Waals surface area contributed by atoms with Crippen molar-refractivity contribution >= 4 is 11.9 Å². The zero-order valence-corrected chi connectivity index (χ0v) is 13.0. The molecule has 1 amide bonds. The highest BCUT2D eigenvalue weighted by Gasteiger charge is 2.21. The molecule has 1 aromatic carbocycles. The number of carbonyl (C=O) groups is 2. The summed E-state index contributed by atoms with van der Waals surface area (Å²) in [4.78, 5) is 23.6. The van der Waals surface area contributed by atoms with Crippen molar-refractivity contribution in [3.05, 3.63) is 48.0 Å².